The van der Waals surface area contributed by atoms with E-state index >= 15 is 0 Å². The molecule has 0 saturated carbocycles. The maximum absolute atomic E-state index is 12.2. The third kappa shape index (κ3) is 4.03. The van der Waals surface area contributed by atoms with Gasteiger partial charge in [0.2, 0.25) is 0 Å². The van der Waals surface area contributed by atoms with E-state index in [0.717, 1.165) is 4.90 Å². The van der Waals surface area contributed by atoms with E-state index in [9.17, 15) is 4.79 Å². The first-order valence-electron chi connectivity index (χ1n) is 6.74. The van der Waals surface area contributed by atoms with E-state index in [1.165, 1.54) is 0 Å². The Labute approximate surface area is 134 Å². The second kappa shape index (κ2) is 7.53. The lowest BCUT2D eigenvalue weighted by Crippen LogP contribution is -2.30. The Morgan fingerprint density at radius 2 is 1.91 bits per heavy atom. The van der Waals surface area contributed by atoms with E-state index in [4.69, 9.17) is 10.00 Å². The Balaban J connectivity index is 2.01. The summed E-state index contributed by atoms with van der Waals surface area (Å²) in [7, 11) is 0. The fourth-order valence-corrected chi connectivity index (χ4v) is 2.24. The number of benzene rings is 2. The first kappa shape index (κ1) is 15.9. The van der Waals surface area contributed by atoms with Gasteiger partial charge in [0.1, 0.15) is 11.8 Å². The predicted molar refractivity (Wildman–Crippen MR) is 88.1 cm³/mol. The van der Waals surface area contributed by atoms with E-state index in [-0.39, 0.29) is 5.91 Å². The molecule has 2 rings (SSSR count). The number of hydrogen-bond acceptors (Lipinski definition) is 4. The molecule has 1 amide bonds. The molecule has 0 aliphatic carbocycles. The Morgan fingerprint density at radius 3 is 2.55 bits per heavy atom. The molecule has 0 aliphatic rings. The van der Waals surface area contributed by atoms with Gasteiger partial charge in [-0.1, -0.05) is 12.1 Å². The smallest absolute Gasteiger partial charge is 0.265 e. The van der Waals surface area contributed by atoms with E-state index in [1.54, 1.807) is 43.0 Å². The highest BCUT2D eigenvalue weighted by Crippen LogP contribution is 2.20. The van der Waals surface area contributed by atoms with Crippen LogP contribution in [-0.2, 0) is 4.79 Å². The summed E-state index contributed by atoms with van der Waals surface area (Å²) in [5.74, 6) is 0.339. The standard InChI is InChI=1S/C17H16N2O2S/c1-12(21-14-7-9-15(22-2)10-8-14)17(20)19-16-6-4-3-5-13(16)11-18/h3-10,12H,1-2H3,(H,19,20)/t12-/m1/s1. The maximum atomic E-state index is 12.2. The third-order valence-corrected chi connectivity index (χ3v) is 3.79. The van der Waals surface area contributed by atoms with E-state index in [1.807, 2.05) is 36.6 Å². The van der Waals surface area contributed by atoms with Gasteiger partial charge in [-0.25, -0.2) is 0 Å². The molecule has 22 heavy (non-hydrogen) atoms. The Morgan fingerprint density at radius 1 is 1.23 bits per heavy atom. The first-order valence-corrected chi connectivity index (χ1v) is 7.97. The van der Waals surface area contributed by atoms with Crippen LogP contribution >= 0.6 is 11.8 Å². The molecule has 0 aliphatic heterocycles. The second-order valence-corrected chi connectivity index (χ2v) is 5.46. The van der Waals surface area contributed by atoms with Crippen molar-refractivity contribution in [3.63, 3.8) is 0 Å². The number of amides is 1. The highest BCUT2D eigenvalue weighted by Gasteiger charge is 2.16. The molecule has 0 spiro atoms. The SMILES string of the molecule is CSc1ccc(O[C@H](C)C(=O)Nc2ccccc2C#N)cc1. The van der Waals surface area contributed by atoms with Crippen LogP contribution in [0, 0.1) is 11.3 Å². The van der Waals surface area contributed by atoms with Gasteiger partial charge in [-0.3, -0.25) is 4.79 Å². The van der Waals surface area contributed by atoms with Crippen LogP contribution in [0.1, 0.15) is 12.5 Å². The summed E-state index contributed by atoms with van der Waals surface area (Å²) in [6.45, 7) is 1.67. The number of para-hydroxylation sites is 1. The summed E-state index contributed by atoms with van der Waals surface area (Å²) in [4.78, 5) is 13.3. The van der Waals surface area contributed by atoms with Gasteiger partial charge in [-0.15, -0.1) is 11.8 Å². The number of nitrogens with one attached hydrogen (secondary N) is 1. The Kier molecular flexibility index (Phi) is 5.45. The Bertz CT molecular complexity index is 693. The lowest BCUT2D eigenvalue weighted by atomic mass is 10.2. The molecule has 0 aromatic heterocycles. The van der Waals surface area contributed by atoms with E-state index in [0.29, 0.717) is 17.0 Å². The molecule has 0 bridgehead atoms. The normalized spacial score (nSPS) is 11.3. The number of hydrogen-bond donors (Lipinski definition) is 1. The fraction of sp³-hybridized carbons (Fsp3) is 0.176. The minimum Gasteiger partial charge on any atom is -0.481 e. The molecule has 1 N–H and O–H groups in total. The van der Waals surface area contributed by atoms with Crippen LogP contribution in [0.2, 0.25) is 0 Å². The number of nitrogens with zero attached hydrogens (tertiary/aromatic N) is 1. The van der Waals surface area contributed by atoms with Gasteiger partial charge in [0.15, 0.2) is 6.10 Å². The zero-order valence-electron chi connectivity index (χ0n) is 12.4. The Hall–Kier alpha value is -2.45. The van der Waals surface area contributed by atoms with Crippen molar-refractivity contribution < 1.29 is 9.53 Å². The van der Waals surface area contributed by atoms with E-state index in [2.05, 4.69) is 5.32 Å². The average molecular weight is 312 g/mol. The first-order chi connectivity index (χ1) is 10.6. The molecule has 0 saturated heterocycles. The number of nitriles is 1. The van der Waals surface area contributed by atoms with Crippen molar-refractivity contribution in [2.45, 2.75) is 17.9 Å². The van der Waals surface area contributed by atoms with Gasteiger partial charge in [-0.2, -0.15) is 5.26 Å². The molecule has 0 heterocycles. The van der Waals surface area contributed by atoms with Gasteiger partial charge in [0, 0.05) is 4.90 Å². The van der Waals surface area contributed by atoms with Gasteiger partial charge in [0.05, 0.1) is 11.3 Å². The molecule has 1 atom stereocenters. The van der Waals surface area contributed by atoms with Crippen LogP contribution in [-0.4, -0.2) is 18.3 Å². The molecule has 0 unspecified atom stereocenters. The summed E-state index contributed by atoms with van der Waals surface area (Å²) < 4.78 is 5.62. The van der Waals surface area contributed by atoms with Gasteiger partial charge in [0.25, 0.3) is 5.91 Å². The topological polar surface area (TPSA) is 62.1 Å². The maximum Gasteiger partial charge on any atom is 0.265 e. The number of rotatable bonds is 5. The number of carbonyl (C=O) groups excluding carboxylic acids is 1. The minimum absolute atomic E-state index is 0.295. The summed E-state index contributed by atoms with van der Waals surface area (Å²) in [5, 5.41) is 11.7. The minimum atomic E-state index is -0.660. The number of carbonyl (C=O) groups is 1. The van der Waals surface area contributed by atoms with Crippen molar-refractivity contribution in [1.82, 2.24) is 0 Å². The molecule has 0 fully saturated rings. The molecule has 5 heteroatoms. The van der Waals surface area contributed by atoms with Crippen LogP contribution in [0.3, 0.4) is 0 Å². The third-order valence-electron chi connectivity index (χ3n) is 3.05. The quantitative estimate of drug-likeness (QED) is 0.855. The van der Waals surface area contributed by atoms with Crippen LogP contribution < -0.4 is 10.1 Å². The average Bonchev–Trinajstić information content (AvgIpc) is 2.56. The number of thioether (sulfide) groups is 1. The summed E-state index contributed by atoms with van der Waals surface area (Å²) in [6, 6.07) is 16.5. The predicted octanol–water partition coefficient (Wildman–Crippen LogP) is 3.69. The van der Waals surface area contributed by atoms with E-state index < -0.39 is 6.10 Å². The summed E-state index contributed by atoms with van der Waals surface area (Å²) in [5.41, 5.74) is 0.913. The number of ether oxygens (including phenoxy) is 1. The lowest BCUT2D eigenvalue weighted by molar-refractivity contribution is -0.122. The summed E-state index contributed by atoms with van der Waals surface area (Å²) in [6.07, 6.45) is 1.34. The largest absolute Gasteiger partial charge is 0.481 e. The van der Waals surface area contributed by atoms with Crippen molar-refractivity contribution in [3.05, 3.63) is 54.1 Å². The van der Waals surface area contributed by atoms with Crippen LogP contribution in [0.15, 0.2) is 53.4 Å². The number of anilines is 1. The highest BCUT2D eigenvalue weighted by molar-refractivity contribution is 7.98. The van der Waals surface area contributed by atoms with Gasteiger partial charge >= 0.3 is 0 Å². The monoisotopic (exact) mass is 312 g/mol. The van der Waals surface area contributed by atoms with Gasteiger partial charge in [-0.05, 0) is 49.6 Å². The zero-order valence-corrected chi connectivity index (χ0v) is 13.2. The zero-order chi connectivity index (χ0) is 15.9. The van der Waals surface area contributed by atoms with Crippen molar-refractivity contribution in [3.8, 4) is 11.8 Å². The lowest BCUT2D eigenvalue weighted by Gasteiger charge is -2.15. The van der Waals surface area contributed by atoms with Gasteiger partial charge < -0.3 is 10.1 Å². The highest BCUT2D eigenvalue weighted by atomic mass is 32.2. The van der Waals surface area contributed by atoms with Crippen molar-refractivity contribution in [2.75, 3.05) is 11.6 Å². The molecule has 4 nitrogen and oxygen atoms in total. The van der Waals surface area contributed by atoms with Crippen LogP contribution in [0.5, 0.6) is 5.75 Å². The molecule has 2 aromatic carbocycles. The van der Waals surface area contributed by atoms with Crippen LogP contribution in [0.25, 0.3) is 0 Å². The van der Waals surface area contributed by atoms with Crippen molar-refractivity contribution >= 4 is 23.4 Å². The molecular formula is C17H16N2O2S. The summed E-state index contributed by atoms with van der Waals surface area (Å²) >= 11 is 1.64. The molecule has 112 valence electrons. The molecule has 0 radical (unpaired) electrons. The van der Waals surface area contributed by atoms with Crippen molar-refractivity contribution in [1.29, 1.82) is 5.26 Å². The molecule has 2 aromatic rings. The molecular weight excluding hydrogens is 296 g/mol. The second-order valence-electron chi connectivity index (χ2n) is 4.58. The fourth-order valence-electron chi connectivity index (χ4n) is 1.84. The van der Waals surface area contributed by atoms with Crippen molar-refractivity contribution in [2.24, 2.45) is 0 Å². The van der Waals surface area contributed by atoms with Crippen LogP contribution in [0.4, 0.5) is 5.69 Å².